The van der Waals surface area contributed by atoms with Gasteiger partial charge in [0.15, 0.2) is 0 Å². The fourth-order valence-electron chi connectivity index (χ4n) is 2.65. The van der Waals surface area contributed by atoms with Gasteiger partial charge in [0.2, 0.25) is 5.82 Å². The standard InChI is InChI=1S/C19H17F3N4O2/c1-11(8-16-12(2)10-28-26-16)13-4-3-5-14(9-13)24-17(27)15-6-7-23-18(25-15)19(20,21)22/h3-7,9-11H,8H2,1-2H3,(H,24,27)/t11-/m0/s1. The van der Waals surface area contributed by atoms with Crippen molar-refractivity contribution in [2.45, 2.75) is 32.4 Å². The van der Waals surface area contributed by atoms with Gasteiger partial charge in [-0.2, -0.15) is 13.2 Å². The van der Waals surface area contributed by atoms with Crippen molar-refractivity contribution in [3.63, 3.8) is 0 Å². The molecule has 6 nitrogen and oxygen atoms in total. The van der Waals surface area contributed by atoms with Gasteiger partial charge in [0, 0.05) is 17.4 Å². The lowest BCUT2D eigenvalue weighted by Gasteiger charge is -2.13. The van der Waals surface area contributed by atoms with E-state index in [2.05, 4.69) is 20.4 Å². The highest BCUT2D eigenvalue weighted by Gasteiger charge is 2.35. The van der Waals surface area contributed by atoms with Gasteiger partial charge in [-0.25, -0.2) is 9.97 Å². The van der Waals surface area contributed by atoms with Crippen LogP contribution in [0, 0.1) is 6.92 Å². The van der Waals surface area contributed by atoms with E-state index in [1.165, 1.54) is 0 Å². The van der Waals surface area contributed by atoms with E-state index >= 15 is 0 Å². The van der Waals surface area contributed by atoms with Crippen LogP contribution in [0.2, 0.25) is 0 Å². The number of nitrogens with one attached hydrogen (secondary N) is 1. The average molecular weight is 390 g/mol. The van der Waals surface area contributed by atoms with Crippen LogP contribution in [0.5, 0.6) is 0 Å². The van der Waals surface area contributed by atoms with Crippen molar-refractivity contribution in [2.24, 2.45) is 0 Å². The first-order valence-corrected chi connectivity index (χ1v) is 8.45. The molecule has 0 saturated carbocycles. The molecule has 2 aromatic heterocycles. The van der Waals surface area contributed by atoms with E-state index in [0.717, 1.165) is 29.1 Å². The van der Waals surface area contributed by atoms with E-state index < -0.39 is 17.9 Å². The normalized spacial score (nSPS) is 12.6. The van der Waals surface area contributed by atoms with Crippen LogP contribution in [0.4, 0.5) is 18.9 Å². The van der Waals surface area contributed by atoms with E-state index in [-0.39, 0.29) is 11.6 Å². The second-order valence-electron chi connectivity index (χ2n) is 6.39. The van der Waals surface area contributed by atoms with Crippen LogP contribution < -0.4 is 5.32 Å². The minimum atomic E-state index is -4.72. The number of halogens is 3. The molecule has 0 radical (unpaired) electrons. The van der Waals surface area contributed by atoms with E-state index in [1.54, 1.807) is 24.5 Å². The van der Waals surface area contributed by atoms with Crippen LogP contribution in [0.25, 0.3) is 0 Å². The summed E-state index contributed by atoms with van der Waals surface area (Å²) < 4.78 is 43.1. The highest BCUT2D eigenvalue weighted by Crippen LogP contribution is 2.26. The molecule has 0 saturated heterocycles. The number of aromatic nitrogens is 3. The summed E-state index contributed by atoms with van der Waals surface area (Å²) in [7, 11) is 0. The van der Waals surface area contributed by atoms with Crippen LogP contribution in [0.1, 0.15) is 46.0 Å². The van der Waals surface area contributed by atoms with Gasteiger partial charge in [-0.15, -0.1) is 0 Å². The zero-order chi connectivity index (χ0) is 20.3. The summed E-state index contributed by atoms with van der Waals surface area (Å²) in [5.41, 5.74) is 2.85. The number of nitrogens with zero attached hydrogens (tertiary/aromatic N) is 3. The van der Waals surface area contributed by atoms with Crippen molar-refractivity contribution in [3.8, 4) is 0 Å². The third-order valence-electron chi connectivity index (χ3n) is 4.20. The minimum absolute atomic E-state index is 0.0940. The molecule has 0 fully saturated rings. The van der Waals surface area contributed by atoms with Gasteiger partial charge >= 0.3 is 6.18 Å². The molecule has 146 valence electrons. The average Bonchev–Trinajstić information content (AvgIpc) is 3.06. The molecule has 0 aliphatic rings. The van der Waals surface area contributed by atoms with Crippen molar-refractivity contribution < 1.29 is 22.5 Å². The Hall–Kier alpha value is -3.23. The first-order chi connectivity index (χ1) is 13.2. The summed E-state index contributed by atoms with van der Waals surface area (Å²) in [6.07, 6.45) is -1.58. The van der Waals surface area contributed by atoms with Crippen LogP contribution in [-0.4, -0.2) is 21.0 Å². The Morgan fingerprint density at radius 1 is 1.29 bits per heavy atom. The molecule has 0 bridgehead atoms. The fourth-order valence-corrected chi connectivity index (χ4v) is 2.65. The second-order valence-corrected chi connectivity index (χ2v) is 6.39. The number of amides is 1. The van der Waals surface area contributed by atoms with Gasteiger partial charge in [0.25, 0.3) is 5.91 Å². The second kappa shape index (κ2) is 7.79. The van der Waals surface area contributed by atoms with Gasteiger partial charge in [-0.3, -0.25) is 4.79 Å². The number of rotatable bonds is 5. The first-order valence-electron chi connectivity index (χ1n) is 8.45. The van der Waals surface area contributed by atoms with Crippen LogP contribution in [0.15, 0.2) is 47.3 Å². The molecule has 0 unspecified atom stereocenters. The lowest BCUT2D eigenvalue weighted by atomic mass is 9.95. The highest BCUT2D eigenvalue weighted by molar-refractivity contribution is 6.02. The Balaban J connectivity index is 1.74. The SMILES string of the molecule is Cc1conc1C[C@H](C)c1cccc(NC(=O)c2ccnc(C(F)(F)F)n2)c1. The quantitative estimate of drug-likeness (QED) is 0.699. The molecule has 3 aromatic rings. The summed E-state index contributed by atoms with van der Waals surface area (Å²) in [6, 6.07) is 8.22. The molecule has 9 heteroatoms. The number of alkyl halides is 3. The smallest absolute Gasteiger partial charge is 0.364 e. The maximum atomic E-state index is 12.7. The van der Waals surface area contributed by atoms with Gasteiger partial charge in [-0.1, -0.05) is 24.2 Å². The Labute approximate surface area is 158 Å². The molecule has 1 atom stereocenters. The van der Waals surface area contributed by atoms with Gasteiger partial charge in [-0.05, 0) is 43.0 Å². The van der Waals surface area contributed by atoms with Crippen molar-refractivity contribution in [1.82, 2.24) is 15.1 Å². The minimum Gasteiger partial charge on any atom is -0.364 e. The van der Waals surface area contributed by atoms with Crippen molar-refractivity contribution in [1.29, 1.82) is 0 Å². The zero-order valence-corrected chi connectivity index (χ0v) is 15.1. The van der Waals surface area contributed by atoms with Crippen molar-refractivity contribution in [3.05, 3.63) is 71.1 Å². The lowest BCUT2D eigenvalue weighted by Crippen LogP contribution is -2.18. The van der Waals surface area contributed by atoms with Gasteiger partial charge in [0.1, 0.15) is 12.0 Å². The van der Waals surface area contributed by atoms with Crippen molar-refractivity contribution >= 4 is 11.6 Å². The molecule has 0 aliphatic carbocycles. The van der Waals surface area contributed by atoms with E-state index in [4.69, 9.17) is 4.52 Å². The predicted molar refractivity (Wildman–Crippen MR) is 94.8 cm³/mol. The van der Waals surface area contributed by atoms with Crippen LogP contribution >= 0.6 is 0 Å². The number of carbonyl (C=O) groups is 1. The summed E-state index contributed by atoms with van der Waals surface area (Å²) in [5.74, 6) is -2.01. The molecule has 0 aliphatic heterocycles. The molecule has 2 heterocycles. The van der Waals surface area contributed by atoms with E-state index in [9.17, 15) is 18.0 Å². The highest BCUT2D eigenvalue weighted by atomic mass is 19.4. The Bertz CT molecular complexity index is 985. The molecular formula is C19H17F3N4O2. The number of aryl methyl sites for hydroxylation is 1. The maximum absolute atomic E-state index is 12.7. The first kappa shape index (κ1) is 19.5. The number of carbonyl (C=O) groups excluding carboxylic acids is 1. The molecule has 1 amide bonds. The van der Waals surface area contributed by atoms with Crippen LogP contribution in [-0.2, 0) is 12.6 Å². The largest absolute Gasteiger partial charge is 0.451 e. The Morgan fingerprint density at radius 3 is 2.75 bits per heavy atom. The Kier molecular flexibility index (Phi) is 5.43. The van der Waals surface area contributed by atoms with Gasteiger partial charge < -0.3 is 9.84 Å². The number of hydrogen-bond acceptors (Lipinski definition) is 5. The molecular weight excluding hydrogens is 373 g/mol. The number of anilines is 1. The maximum Gasteiger partial charge on any atom is 0.451 e. The topological polar surface area (TPSA) is 80.9 Å². The molecule has 28 heavy (non-hydrogen) atoms. The zero-order valence-electron chi connectivity index (χ0n) is 15.1. The predicted octanol–water partition coefficient (Wildman–Crippen LogP) is 4.39. The molecule has 0 spiro atoms. The molecule has 1 aromatic carbocycles. The van der Waals surface area contributed by atoms with Crippen molar-refractivity contribution in [2.75, 3.05) is 5.32 Å². The fraction of sp³-hybridized carbons (Fsp3) is 0.263. The number of benzene rings is 1. The summed E-state index contributed by atoms with van der Waals surface area (Å²) in [6.45, 7) is 3.92. The summed E-state index contributed by atoms with van der Waals surface area (Å²) in [5, 5.41) is 6.54. The Morgan fingerprint density at radius 2 is 2.07 bits per heavy atom. The lowest BCUT2D eigenvalue weighted by molar-refractivity contribution is -0.145. The van der Waals surface area contributed by atoms with E-state index in [0.29, 0.717) is 12.1 Å². The van der Waals surface area contributed by atoms with Crippen LogP contribution in [0.3, 0.4) is 0 Å². The molecule has 3 rings (SSSR count). The third kappa shape index (κ3) is 4.54. The summed E-state index contributed by atoms with van der Waals surface area (Å²) in [4.78, 5) is 18.7. The molecule has 1 N–H and O–H groups in total. The van der Waals surface area contributed by atoms with E-state index in [1.807, 2.05) is 19.9 Å². The van der Waals surface area contributed by atoms with Gasteiger partial charge in [0.05, 0.1) is 5.69 Å². The summed E-state index contributed by atoms with van der Waals surface area (Å²) >= 11 is 0. The third-order valence-corrected chi connectivity index (χ3v) is 4.20. The number of hydrogen-bond donors (Lipinski definition) is 1. The monoisotopic (exact) mass is 390 g/mol.